The fourth-order valence-electron chi connectivity index (χ4n) is 1.02. The van der Waals surface area contributed by atoms with E-state index in [-0.39, 0.29) is 5.06 Å². The number of carbonyl (C=O) groups excluding carboxylic acids is 3. The second kappa shape index (κ2) is 4.52. The molecule has 1 aliphatic rings. The molecule has 2 amide bonds. The standard InChI is InChI=1S/C6H8NO7P/c1-3(8)13-7-5(9)2-4(6(7)10)14-15(11)12/h4,15H,2H2,1H3,(H,11,12). The third-order valence-corrected chi connectivity index (χ3v) is 2.01. The van der Waals surface area contributed by atoms with Gasteiger partial charge in [0.25, 0.3) is 11.8 Å². The van der Waals surface area contributed by atoms with Crippen molar-refractivity contribution >= 4 is 26.0 Å². The number of rotatable bonds is 3. The van der Waals surface area contributed by atoms with Gasteiger partial charge in [-0.15, -0.1) is 0 Å². The number of hydrogen-bond acceptors (Lipinski definition) is 6. The van der Waals surface area contributed by atoms with Crippen molar-refractivity contribution < 1.29 is 33.2 Å². The van der Waals surface area contributed by atoms with E-state index < -0.39 is 38.6 Å². The molecule has 84 valence electrons. The van der Waals surface area contributed by atoms with Crippen LogP contribution in [0, 0.1) is 0 Å². The van der Waals surface area contributed by atoms with Crippen molar-refractivity contribution in [3.8, 4) is 0 Å². The highest BCUT2D eigenvalue weighted by atomic mass is 31.1. The van der Waals surface area contributed by atoms with Gasteiger partial charge in [-0.25, -0.2) is 4.79 Å². The molecule has 0 radical (unpaired) electrons. The fourth-order valence-corrected chi connectivity index (χ4v) is 1.45. The van der Waals surface area contributed by atoms with Gasteiger partial charge in [0, 0.05) is 6.92 Å². The minimum atomic E-state index is -3.31. The summed E-state index contributed by atoms with van der Waals surface area (Å²) >= 11 is 0. The van der Waals surface area contributed by atoms with Crippen LogP contribution in [0.3, 0.4) is 0 Å². The van der Waals surface area contributed by atoms with Crippen LogP contribution in [0.25, 0.3) is 0 Å². The Morgan fingerprint density at radius 3 is 2.67 bits per heavy atom. The van der Waals surface area contributed by atoms with E-state index in [1.807, 2.05) is 0 Å². The molecule has 1 fully saturated rings. The topological polar surface area (TPSA) is 110 Å². The molecule has 1 heterocycles. The smallest absolute Gasteiger partial charge is 0.330 e. The Hall–Kier alpha value is -1.24. The molecule has 1 aliphatic heterocycles. The Morgan fingerprint density at radius 2 is 2.20 bits per heavy atom. The van der Waals surface area contributed by atoms with Crippen molar-refractivity contribution in [2.75, 3.05) is 0 Å². The number of amides is 2. The van der Waals surface area contributed by atoms with Gasteiger partial charge in [-0.2, -0.15) is 0 Å². The third kappa shape index (κ3) is 2.85. The van der Waals surface area contributed by atoms with Crippen molar-refractivity contribution in [1.29, 1.82) is 0 Å². The van der Waals surface area contributed by atoms with Gasteiger partial charge in [0.2, 0.25) is 0 Å². The van der Waals surface area contributed by atoms with Crippen LogP contribution in [-0.2, 0) is 28.3 Å². The Balaban J connectivity index is 2.70. The summed E-state index contributed by atoms with van der Waals surface area (Å²) in [4.78, 5) is 45.6. The van der Waals surface area contributed by atoms with E-state index in [0.717, 1.165) is 6.92 Å². The quantitative estimate of drug-likeness (QED) is 0.494. The molecule has 8 nitrogen and oxygen atoms in total. The number of hydroxylamine groups is 2. The van der Waals surface area contributed by atoms with E-state index in [4.69, 9.17) is 4.89 Å². The van der Waals surface area contributed by atoms with Crippen molar-refractivity contribution in [1.82, 2.24) is 5.06 Å². The highest BCUT2D eigenvalue weighted by Crippen LogP contribution is 2.26. The monoisotopic (exact) mass is 237 g/mol. The molecule has 0 aromatic carbocycles. The summed E-state index contributed by atoms with van der Waals surface area (Å²) in [7, 11) is -3.31. The van der Waals surface area contributed by atoms with Crippen molar-refractivity contribution in [2.45, 2.75) is 19.4 Å². The lowest BCUT2D eigenvalue weighted by Gasteiger charge is -2.11. The Kier molecular flexibility index (Phi) is 3.57. The van der Waals surface area contributed by atoms with Crippen LogP contribution in [0.4, 0.5) is 0 Å². The molecular weight excluding hydrogens is 229 g/mol. The summed E-state index contributed by atoms with van der Waals surface area (Å²) in [5, 5.41) is 0.234. The molecule has 2 unspecified atom stereocenters. The van der Waals surface area contributed by atoms with Gasteiger partial charge in [-0.05, 0) is 0 Å². The molecule has 15 heavy (non-hydrogen) atoms. The normalized spacial score (nSPS) is 23.1. The van der Waals surface area contributed by atoms with Crippen LogP contribution in [0.2, 0.25) is 0 Å². The first-order chi connectivity index (χ1) is 6.91. The van der Waals surface area contributed by atoms with Crippen LogP contribution >= 0.6 is 8.25 Å². The van der Waals surface area contributed by atoms with Crippen molar-refractivity contribution in [3.63, 3.8) is 0 Å². The van der Waals surface area contributed by atoms with Crippen molar-refractivity contribution in [3.05, 3.63) is 0 Å². The van der Waals surface area contributed by atoms with Crippen LogP contribution in [0.15, 0.2) is 0 Å². The summed E-state index contributed by atoms with van der Waals surface area (Å²) in [5.41, 5.74) is 0. The average Bonchev–Trinajstić information content (AvgIpc) is 2.31. The van der Waals surface area contributed by atoms with Gasteiger partial charge >= 0.3 is 14.2 Å². The van der Waals surface area contributed by atoms with Gasteiger partial charge in [-0.1, -0.05) is 5.06 Å². The van der Waals surface area contributed by atoms with Gasteiger partial charge in [0.15, 0.2) is 6.10 Å². The van der Waals surface area contributed by atoms with Crippen LogP contribution in [0.1, 0.15) is 13.3 Å². The van der Waals surface area contributed by atoms with Crippen LogP contribution in [0.5, 0.6) is 0 Å². The van der Waals surface area contributed by atoms with E-state index in [0.29, 0.717) is 0 Å². The molecular formula is C6H8NO7P. The van der Waals surface area contributed by atoms with Crippen LogP contribution < -0.4 is 0 Å². The predicted molar refractivity (Wildman–Crippen MR) is 44.3 cm³/mol. The molecule has 0 spiro atoms. The second-order valence-electron chi connectivity index (χ2n) is 2.69. The number of carbonyl (C=O) groups is 3. The molecule has 0 saturated carbocycles. The van der Waals surface area contributed by atoms with Gasteiger partial charge in [0.05, 0.1) is 6.42 Å². The molecule has 0 aromatic rings. The first-order valence-corrected chi connectivity index (χ1v) is 5.13. The number of nitrogens with zero attached hydrogens (tertiary/aromatic N) is 1. The summed E-state index contributed by atoms with van der Waals surface area (Å²) in [6.45, 7) is 1.02. The zero-order chi connectivity index (χ0) is 11.6. The van der Waals surface area contributed by atoms with Gasteiger partial charge < -0.3 is 9.73 Å². The maximum atomic E-state index is 11.3. The first-order valence-electron chi connectivity index (χ1n) is 3.86. The molecule has 9 heteroatoms. The highest BCUT2D eigenvalue weighted by Gasteiger charge is 2.42. The fraction of sp³-hybridized carbons (Fsp3) is 0.500. The third-order valence-electron chi connectivity index (χ3n) is 1.53. The van der Waals surface area contributed by atoms with E-state index >= 15 is 0 Å². The molecule has 1 rings (SSSR count). The molecule has 2 atom stereocenters. The van der Waals surface area contributed by atoms with E-state index in [1.165, 1.54) is 0 Å². The largest absolute Gasteiger partial charge is 0.331 e. The minimum absolute atomic E-state index is 0.234. The van der Waals surface area contributed by atoms with Crippen LogP contribution in [-0.4, -0.2) is 33.8 Å². The van der Waals surface area contributed by atoms with E-state index in [2.05, 4.69) is 9.36 Å². The second-order valence-corrected chi connectivity index (χ2v) is 3.45. The zero-order valence-corrected chi connectivity index (χ0v) is 8.63. The maximum absolute atomic E-state index is 11.3. The summed E-state index contributed by atoms with van der Waals surface area (Å²) < 4.78 is 14.6. The Labute approximate surface area is 84.7 Å². The lowest BCUT2D eigenvalue weighted by molar-refractivity contribution is -0.197. The SMILES string of the molecule is CC(=O)ON1C(=O)CC(O[PH](=O)O)C1=O. The molecule has 0 aromatic heterocycles. The molecule has 0 bridgehead atoms. The lowest BCUT2D eigenvalue weighted by Crippen LogP contribution is -2.34. The first kappa shape index (κ1) is 11.8. The van der Waals surface area contributed by atoms with Gasteiger partial charge in [0.1, 0.15) is 0 Å². The maximum Gasteiger partial charge on any atom is 0.330 e. The molecule has 1 N–H and O–H groups in total. The predicted octanol–water partition coefficient (Wildman–Crippen LogP) is -1.01. The van der Waals surface area contributed by atoms with Crippen molar-refractivity contribution in [2.24, 2.45) is 0 Å². The van der Waals surface area contributed by atoms with E-state index in [1.54, 1.807) is 0 Å². The summed E-state index contributed by atoms with van der Waals surface area (Å²) in [6, 6.07) is 0. The van der Waals surface area contributed by atoms with Gasteiger partial charge in [-0.3, -0.25) is 18.7 Å². The number of hydrogen-bond donors (Lipinski definition) is 1. The molecule has 0 aliphatic carbocycles. The minimum Gasteiger partial charge on any atom is -0.331 e. The summed E-state index contributed by atoms with van der Waals surface area (Å²) in [6.07, 6.45) is -1.77. The average molecular weight is 237 g/mol. The Bertz CT molecular complexity index is 340. The van der Waals surface area contributed by atoms with E-state index in [9.17, 15) is 18.9 Å². The summed E-state index contributed by atoms with van der Waals surface area (Å²) in [5.74, 6) is -2.58. The highest BCUT2D eigenvalue weighted by molar-refractivity contribution is 7.32. The number of imide groups is 1. The zero-order valence-electron chi connectivity index (χ0n) is 7.63. The lowest BCUT2D eigenvalue weighted by atomic mass is 10.3. The Morgan fingerprint density at radius 1 is 1.60 bits per heavy atom. The molecule has 1 saturated heterocycles.